The molecule has 2 fully saturated rings. The molecule has 0 N–H and O–H groups in total. The van der Waals surface area contributed by atoms with Gasteiger partial charge in [-0.25, -0.2) is 0 Å². The Bertz CT molecular complexity index is 747. The topological polar surface area (TPSA) is 60.2 Å². The first-order valence-electron chi connectivity index (χ1n) is 10.6. The number of benzene rings is 1. The number of aromatic nitrogens is 3. The Morgan fingerprint density at radius 3 is 2.54 bits per heavy atom. The van der Waals surface area contributed by atoms with Gasteiger partial charge in [0.05, 0.1) is 18.9 Å². The van der Waals surface area contributed by atoms with E-state index in [1.807, 2.05) is 34.0 Å². The number of nitrogens with zero attached hydrogens (tertiary/aromatic N) is 4. The Kier molecular flexibility index (Phi) is 6.37. The second kappa shape index (κ2) is 9.32. The van der Waals surface area contributed by atoms with Crippen LogP contribution in [0.1, 0.15) is 61.0 Å². The van der Waals surface area contributed by atoms with Crippen molar-refractivity contribution in [3.8, 4) is 0 Å². The summed E-state index contributed by atoms with van der Waals surface area (Å²) in [6, 6.07) is 10.2. The molecule has 4 rings (SSSR count). The molecule has 1 aliphatic heterocycles. The smallest absolute Gasteiger partial charge is 0.276 e. The van der Waals surface area contributed by atoms with Gasteiger partial charge in [-0.1, -0.05) is 54.8 Å². The van der Waals surface area contributed by atoms with Gasteiger partial charge in [0.15, 0.2) is 5.69 Å². The summed E-state index contributed by atoms with van der Waals surface area (Å²) in [7, 11) is 0. The lowest BCUT2D eigenvalue weighted by Crippen LogP contribution is -2.41. The van der Waals surface area contributed by atoms with Crippen molar-refractivity contribution in [2.75, 3.05) is 13.1 Å². The molecule has 1 saturated heterocycles. The van der Waals surface area contributed by atoms with E-state index in [0.29, 0.717) is 31.3 Å². The van der Waals surface area contributed by atoms with Gasteiger partial charge < -0.3 is 9.64 Å². The van der Waals surface area contributed by atoms with Crippen LogP contribution in [0.4, 0.5) is 0 Å². The Labute approximate surface area is 166 Å². The van der Waals surface area contributed by atoms with E-state index in [1.54, 1.807) is 0 Å². The van der Waals surface area contributed by atoms with E-state index in [1.165, 1.54) is 37.7 Å². The van der Waals surface area contributed by atoms with Gasteiger partial charge in [0, 0.05) is 19.6 Å². The molecule has 6 heteroatoms. The maximum atomic E-state index is 12.8. The second-order valence-corrected chi connectivity index (χ2v) is 8.12. The Hall–Kier alpha value is -2.21. The average molecular weight is 383 g/mol. The van der Waals surface area contributed by atoms with Crippen molar-refractivity contribution in [1.82, 2.24) is 19.9 Å². The van der Waals surface area contributed by atoms with Crippen molar-refractivity contribution in [3.05, 3.63) is 47.8 Å². The largest absolute Gasteiger partial charge is 0.373 e. The summed E-state index contributed by atoms with van der Waals surface area (Å²) in [5.74, 6) is 0.673. The third-order valence-corrected chi connectivity index (χ3v) is 5.99. The zero-order valence-electron chi connectivity index (χ0n) is 16.5. The summed E-state index contributed by atoms with van der Waals surface area (Å²) in [5, 5.41) is 8.34. The number of carbonyl (C=O) groups excluding carboxylic acids is 1. The Morgan fingerprint density at radius 2 is 1.79 bits per heavy atom. The van der Waals surface area contributed by atoms with Crippen molar-refractivity contribution < 1.29 is 9.53 Å². The molecule has 0 atom stereocenters. The van der Waals surface area contributed by atoms with Gasteiger partial charge in [-0.15, -0.1) is 5.10 Å². The van der Waals surface area contributed by atoms with Crippen molar-refractivity contribution in [2.24, 2.45) is 5.92 Å². The number of amides is 1. The minimum atomic E-state index is -0.00333. The van der Waals surface area contributed by atoms with Gasteiger partial charge in [-0.2, -0.15) is 0 Å². The molecule has 0 radical (unpaired) electrons. The van der Waals surface area contributed by atoms with E-state index in [4.69, 9.17) is 4.74 Å². The van der Waals surface area contributed by atoms with Gasteiger partial charge in [0.1, 0.15) is 0 Å². The molecule has 1 amide bonds. The third kappa shape index (κ3) is 4.98. The molecule has 6 nitrogen and oxygen atoms in total. The Balaban J connectivity index is 1.23. The number of ether oxygens (including phenoxy) is 1. The summed E-state index contributed by atoms with van der Waals surface area (Å²) >= 11 is 0. The zero-order chi connectivity index (χ0) is 19.2. The highest BCUT2D eigenvalue weighted by atomic mass is 16.5. The van der Waals surface area contributed by atoms with E-state index in [0.717, 1.165) is 19.4 Å². The summed E-state index contributed by atoms with van der Waals surface area (Å²) < 4.78 is 7.88. The van der Waals surface area contributed by atoms with Gasteiger partial charge in [-0.05, 0) is 37.2 Å². The third-order valence-electron chi connectivity index (χ3n) is 5.99. The van der Waals surface area contributed by atoms with Crippen LogP contribution in [0.2, 0.25) is 0 Å². The van der Waals surface area contributed by atoms with Crippen LogP contribution in [0.15, 0.2) is 36.5 Å². The first-order valence-corrected chi connectivity index (χ1v) is 10.6. The van der Waals surface area contributed by atoms with Crippen molar-refractivity contribution in [3.63, 3.8) is 0 Å². The molecule has 150 valence electrons. The molecule has 1 aromatic heterocycles. The number of piperidine rings is 1. The first-order chi connectivity index (χ1) is 13.8. The lowest BCUT2D eigenvalue weighted by molar-refractivity contribution is -0.000511. The fraction of sp³-hybridized carbons (Fsp3) is 0.591. The molecule has 2 heterocycles. The van der Waals surface area contributed by atoms with Crippen molar-refractivity contribution in [1.29, 1.82) is 0 Å². The molecule has 0 bridgehead atoms. The summed E-state index contributed by atoms with van der Waals surface area (Å²) in [4.78, 5) is 14.6. The van der Waals surface area contributed by atoms with Crippen LogP contribution in [0.3, 0.4) is 0 Å². The van der Waals surface area contributed by atoms with Crippen LogP contribution in [-0.4, -0.2) is 45.0 Å². The van der Waals surface area contributed by atoms with Crippen molar-refractivity contribution >= 4 is 5.91 Å². The summed E-state index contributed by atoms with van der Waals surface area (Å²) in [5.41, 5.74) is 1.66. The molecular weight excluding hydrogens is 352 g/mol. The molecular formula is C22H30N4O2. The molecule has 2 aromatic rings. The van der Waals surface area contributed by atoms with Crippen molar-refractivity contribution in [2.45, 2.75) is 64.2 Å². The number of rotatable bonds is 6. The lowest BCUT2D eigenvalue weighted by Gasteiger charge is -2.31. The normalized spacial score (nSPS) is 19.1. The lowest BCUT2D eigenvalue weighted by atomic mass is 9.89. The highest BCUT2D eigenvalue weighted by Crippen LogP contribution is 2.25. The first kappa shape index (κ1) is 19.1. The average Bonchev–Trinajstić information content (AvgIpc) is 3.22. The SMILES string of the molecule is O=C(c1cn(CC2CCCCC2)nn1)N1CCC(OCc2ccccc2)CC1. The molecule has 1 aromatic carbocycles. The molecule has 1 saturated carbocycles. The maximum absolute atomic E-state index is 12.8. The number of likely N-dealkylation sites (tertiary alicyclic amines) is 1. The molecule has 0 spiro atoms. The number of carbonyl (C=O) groups is 1. The summed E-state index contributed by atoms with van der Waals surface area (Å²) in [6.45, 7) is 2.95. The predicted molar refractivity (Wildman–Crippen MR) is 107 cm³/mol. The number of hydrogen-bond acceptors (Lipinski definition) is 4. The monoisotopic (exact) mass is 382 g/mol. The highest BCUT2D eigenvalue weighted by Gasteiger charge is 2.26. The summed E-state index contributed by atoms with van der Waals surface area (Å²) in [6.07, 6.45) is 10.3. The van der Waals surface area contributed by atoms with Crippen LogP contribution in [-0.2, 0) is 17.9 Å². The van der Waals surface area contributed by atoms with Crippen LogP contribution >= 0.6 is 0 Å². The standard InChI is InChI=1S/C22H30N4O2/c27-22(21-16-26(24-23-21)15-18-7-3-1-4-8-18)25-13-11-20(12-14-25)28-17-19-9-5-2-6-10-19/h2,5-6,9-10,16,18,20H,1,3-4,7-8,11-15,17H2. The van der Waals surface area contributed by atoms with Crippen LogP contribution in [0.25, 0.3) is 0 Å². The van der Waals surface area contributed by atoms with Gasteiger partial charge in [0.2, 0.25) is 0 Å². The Morgan fingerprint density at radius 1 is 1.04 bits per heavy atom. The van der Waals surface area contributed by atoms with E-state index >= 15 is 0 Å². The molecule has 0 unspecified atom stereocenters. The quantitative estimate of drug-likeness (QED) is 0.765. The minimum Gasteiger partial charge on any atom is -0.373 e. The van der Waals surface area contributed by atoms with E-state index in [9.17, 15) is 4.79 Å². The molecule has 28 heavy (non-hydrogen) atoms. The van der Waals surface area contributed by atoms with Gasteiger partial charge in [0.25, 0.3) is 5.91 Å². The van der Waals surface area contributed by atoms with E-state index < -0.39 is 0 Å². The second-order valence-electron chi connectivity index (χ2n) is 8.12. The molecule has 1 aliphatic carbocycles. The fourth-order valence-corrected chi connectivity index (χ4v) is 4.30. The maximum Gasteiger partial charge on any atom is 0.276 e. The van der Waals surface area contributed by atoms with Crippen LogP contribution < -0.4 is 0 Å². The molecule has 2 aliphatic rings. The van der Waals surface area contributed by atoms with Gasteiger partial charge >= 0.3 is 0 Å². The zero-order valence-corrected chi connectivity index (χ0v) is 16.5. The van der Waals surface area contributed by atoms with E-state index in [-0.39, 0.29) is 12.0 Å². The fourth-order valence-electron chi connectivity index (χ4n) is 4.30. The van der Waals surface area contributed by atoms with Crippen LogP contribution in [0, 0.1) is 5.92 Å². The number of hydrogen-bond donors (Lipinski definition) is 0. The van der Waals surface area contributed by atoms with Crippen LogP contribution in [0.5, 0.6) is 0 Å². The van der Waals surface area contributed by atoms with Gasteiger partial charge in [-0.3, -0.25) is 9.48 Å². The predicted octanol–water partition coefficient (Wildman–Crippen LogP) is 3.68. The van der Waals surface area contributed by atoms with E-state index in [2.05, 4.69) is 22.4 Å². The minimum absolute atomic E-state index is 0.00333. The highest BCUT2D eigenvalue weighted by molar-refractivity contribution is 5.92.